The van der Waals surface area contributed by atoms with Gasteiger partial charge in [-0.1, -0.05) is 0 Å². The third-order valence-corrected chi connectivity index (χ3v) is 3.37. The first-order valence-electron chi connectivity index (χ1n) is 5.86. The van der Waals surface area contributed by atoms with Crippen LogP contribution in [0.2, 0.25) is 0 Å². The first-order chi connectivity index (χ1) is 7.83. The molecule has 5 nitrogen and oxygen atoms in total. The van der Waals surface area contributed by atoms with Gasteiger partial charge >= 0.3 is 0 Å². The molecule has 1 fully saturated rings. The molecule has 1 unspecified atom stereocenters. The summed E-state index contributed by atoms with van der Waals surface area (Å²) in [6.45, 7) is 2.77. The number of aromatic nitrogens is 2. The molecule has 3 heterocycles. The molecule has 16 heavy (non-hydrogen) atoms. The third-order valence-electron chi connectivity index (χ3n) is 3.37. The fourth-order valence-corrected chi connectivity index (χ4v) is 2.51. The van der Waals surface area contributed by atoms with Crippen LogP contribution in [-0.4, -0.2) is 28.0 Å². The molecule has 1 amide bonds. The van der Waals surface area contributed by atoms with E-state index in [0.717, 1.165) is 38.2 Å². The molecule has 0 radical (unpaired) electrons. The molecule has 3 rings (SSSR count). The van der Waals surface area contributed by atoms with Crippen molar-refractivity contribution in [2.24, 2.45) is 0 Å². The number of carbonyl (C=O) groups is 1. The zero-order valence-corrected chi connectivity index (χ0v) is 9.20. The molecule has 0 spiro atoms. The maximum Gasteiger partial charge on any atom is 0.220 e. The summed E-state index contributed by atoms with van der Waals surface area (Å²) in [7, 11) is 0. The van der Waals surface area contributed by atoms with Crippen LogP contribution in [0.1, 0.15) is 24.2 Å². The van der Waals surface area contributed by atoms with Crippen molar-refractivity contribution in [1.82, 2.24) is 20.2 Å². The van der Waals surface area contributed by atoms with E-state index < -0.39 is 0 Å². The Morgan fingerprint density at radius 1 is 1.50 bits per heavy atom. The summed E-state index contributed by atoms with van der Waals surface area (Å²) >= 11 is 0. The summed E-state index contributed by atoms with van der Waals surface area (Å²) in [5.41, 5.74) is 2.50. The SMILES string of the molecule is O=C1CCC(Cn2cnc3c2CCNC3)N1. The maximum absolute atomic E-state index is 11.1. The van der Waals surface area contributed by atoms with Gasteiger partial charge in [0.2, 0.25) is 5.91 Å². The Balaban J connectivity index is 1.74. The Bertz CT molecular complexity index is 412. The Hall–Kier alpha value is -1.36. The Labute approximate surface area is 94.2 Å². The average Bonchev–Trinajstić information content (AvgIpc) is 2.87. The maximum atomic E-state index is 11.1. The van der Waals surface area contributed by atoms with Gasteiger partial charge in [-0.25, -0.2) is 4.98 Å². The van der Waals surface area contributed by atoms with Crippen molar-refractivity contribution in [2.45, 2.75) is 38.4 Å². The predicted octanol–water partition coefficient (Wildman–Crippen LogP) is -0.193. The van der Waals surface area contributed by atoms with Crippen LogP contribution in [0.3, 0.4) is 0 Å². The zero-order chi connectivity index (χ0) is 11.0. The van der Waals surface area contributed by atoms with E-state index in [2.05, 4.69) is 20.2 Å². The van der Waals surface area contributed by atoms with Gasteiger partial charge < -0.3 is 15.2 Å². The average molecular weight is 220 g/mol. The lowest BCUT2D eigenvalue weighted by Crippen LogP contribution is -2.31. The number of carbonyl (C=O) groups excluding carboxylic acids is 1. The summed E-state index contributed by atoms with van der Waals surface area (Å²) in [4.78, 5) is 15.5. The lowest BCUT2D eigenvalue weighted by atomic mass is 10.1. The standard InChI is InChI=1S/C11H16N4O/c16-11-2-1-8(14-11)6-15-7-13-9-5-12-4-3-10(9)15/h7-8,12H,1-6H2,(H,14,16). The number of fused-ring (bicyclic) bond motifs is 1. The minimum Gasteiger partial charge on any atom is -0.352 e. The second-order valence-corrected chi connectivity index (χ2v) is 4.52. The topological polar surface area (TPSA) is 59.0 Å². The van der Waals surface area contributed by atoms with Gasteiger partial charge in [-0.2, -0.15) is 0 Å². The smallest absolute Gasteiger partial charge is 0.220 e. The summed E-state index contributed by atoms with van der Waals surface area (Å²) in [5, 5.41) is 6.31. The van der Waals surface area contributed by atoms with Crippen LogP contribution in [0.4, 0.5) is 0 Å². The first-order valence-corrected chi connectivity index (χ1v) is 5.86. The molecule has 0 saturated carbocycles. The number of rotatable bonds is 2. The second kappa shape index (κ2) is 3.90. The molecule has 1 saturated heterocycles. The first kappa shape index (κ1) is 9.84. The van der Waals surface area contributed by atoms with Crippen LogP contribution >= 0.6 is 0 Å². The third kappa shape index (κ3) is 1.71. The molecule has 86 valence electrons. The van der Waals surface area contributed by atoms with Gasteiger partial charge in [-0.15, -0.1) is 0 Å². The van der Waals surface area contributed by atoms with Crippen LogP contribution in [0.15, 0.2) is 6.33 Å². The molecule has 0 aliphatic carbocycles. The number of nitrogens with zero attached hydrogens (tertiary/aromatic N) is 2. The monoisotopic (exact) mass is 220 g/mol. The number of hydrogen-bond acceptors (Lipinski definition) is 3. The molecular weight excluding hydrogens is 204 g/mol. The Morgan fingerprint density at radius 2 is 2.44 bits per heavy atom. The van der Waals surface area contributed by atoms with Gasteiger partial charge in [-0.05, 0) is 6.42 Å². The number of hydrogen-bond donors (Lipinski definition) is 2. The van der Waals surface area contributed by atoms with E-state index in [1.165, 1.54) is 5.69 Å². The Morgan fingerprint density at radius 3 is 3.25 bits per heavy atom. The molecule has 1 aromatic heterocycles. The second-order valence-electron chi connectivity index (χ2n) is 4.52. The molecule has 0 bridgehead atoms. The normalized spacial score (nSPS) is 24.2. The highest BCUT2D eigenvalue weighted by atomic mass is 16.1. The van der Waals surface area contributed by atoms with Crippen LogP contribution in [0.5, 0.6) is 0 Å². The molecule has 2 aliphatic heterocycles. The summed E-state index contributed by atoms with van der Waals surface area (Å²) in [5.74, 6) is 0.181. The van der Waals surface area contributed by atoms with Gasteiger partial charge in [-0.3, -0.25) is 4.79 Å². The largest absolute Gasteiger partial charge is 0.352 e. The van der Waals surface area contributed by atoms with Crippen LogP contribution < -0.4 is 10.6 Å². The van der Waals surface area contributed by atoms with Crippen LogP contribution in [0.25, 0.3) is 0 Å². The Kier molecular flexibility index (Phi) is 2.40. The number of nitrogens with one attached hydrogen (secondary N) is 2. The van der Waals surface area contributed by atoms with Crippen molar-refractivity contribution in [3.8, 4) is 0 Å². The number of imidazole rings is 1. The van der Waals surface area contributed by atoms with E-state index in [4.69, 9.17) is 0 Å². The molecule has 1 aromatic rings. The quantitative estimate of drug-likeness (QED) is 0.726. The van der Waals surface area contributed by atoms with Crippen molar-refractivity contribution in [1.29, 1.82) is 0 Å². The van der Waals surface area contributed by atoms with E-state index in [9.17, 15) is 4.79 Å². The predicted molar refractivity (Wildman–Crippen MR) is 58.8 cm³/mol. The summed E-state index contributed by atoms with van der Waals surface area (Å²) < 4.78 is 2.20. The highest BCUT2D eigenvalue weighted by Gasteiger charge is 2.23. The van der Waals surface area contributed by atoms with E-state index in [1.54, 1.807) is 0 Å². The lowest BCUT2D eigenvalue weighted by molar-refractivity contribution is -0.119. The van der Waals surface area contributed by atoms with Gasteiger partial charge in [0.15, 0.2) is 0 Å². The van der Waals surface area contributed by atoms with Crippen LogP contribution in [-0.2, 0) is 24.3 Å². The fraction of sp³-hybridized carbons (Fsp3) is 0.636. The molecule has 2 aliphatic rings. The van der Waals surface area contributed by atoms with Gasteiger partial charge in [0.1, 0.15) is 0 Å². The minimum atomic E-state index is 0.181. The summed E-state index contributed by atoms with van der Waals surface area (Å²) in [6.07, 6.45) is 4.56. The molecule has 0 aromatic carbocycles. The molecule has 5 heteroatoms. The molecular formula is C11H16N4O. The van der Waals surface area contributed by atoms with Crippen LogP contribution in [0, 0.1) is 0 Å². The van der Waals surface area contributed by atoms with E-state index in [1.807, 2.05) is 6.33 Å². The van der Waals surface area contributed by atoms with Gasteiger partial charge in [0, 0.05) is 44.2 Å². The van der Waals surface area contributed by atoms with Crippen molar-refractivity contribution in [2.75, 3.05) is 6.54 Å². The van der Waals surface area contributed by atoms with Crippen molar-refractivity contribution < 1.29 is 4.79 Å². The molecule has 2 N–H and O–H groups in total. The van der Waals surface area contributed by atoms with Crippen molar-refractivity contribution >= 4 is 5.91 Å². The zero-order valence-electron chi connectivity index (χ0n) is 9.20. The summed E-state index contributed by atoms with van der Waals surface area (Å²) in [6, 6.07) is 0.292. The van der Waals surface area contributed by atoms with Gasteiger partial charge in [0.05, 0.1) is 12.0 Å². The fourth-order valence-electron chi connectivity index (χ4n) is 2.51. The van der Waals surface area contributed by atoms with E-state index in [-0.39, 0.29) is 5.91 Å². The van der Waals surface area contributed by atoms with E-state index >= 15 is 0 Å². The lowest BCUT2D eigenvalue weighted by Gasteiger charge is -2.17. The highest BCUT2D eigenvalue weighted by molar-refractivity contribution is 5.78. The molecule has 1 atom stereocenters. The minimum absolute atomic E-state index is 0.181. The van der Waals surface area contributed by atoms with Gasteiger partial charge in [0.25, 0.3) is 0 Å². The van der Waals surface area contributed by atoms with Crippen molar-refractivity contribution in [3.05, 3.63) is 17.7 Å². The number of amides is 1. The van der Waals surface area contributed by atoms with Crippen molar-refractivity contribution in [3.63, 3.8) is 0 Å². The highest BCUT2D eigenvalue weighted by Crippen LogP contribution is 2.15. The van der Waals surface area contributed by atoms with E-state index in [0.29, 0.717) is 12.5 Å².